The van der Waals surface area contributed by atoms with E-state index >= 15 is 0 Å². The van der Waals surface area contributed by atoms with E-state index in [1.807, 2.05) is 36.1 Å². The van der Waals surface area contributed by atoms with Crippen molar-refractivity contribution >= 4 is 18.0 Å². The van der Waals surface area contributed by atoms with Gasteiger partial charge in [0.15, 0.2) is 0 Å². The Morgan fingerprint density at radius 2 is 1.74 bits per heavy atom. The van der Waals surface area contributed by atoms with E-state index in [9.17, 15) is 14.4 Å². The molecule has 2 unspecified atom stereocenters. The first-order valence-corrected chi connectivity index (χ1v) is 12.6. The molecule has 2 N–H and O–H groups in total. The number of rotatable bonds is 10. The Morgan fingerprint density at radius 3 is 2.37 bits per heavy atom. The van der Waals surface area contributed by atoms with Crippen molar-refractivity contribution < 1.29 is 24.2 Å². The number of carbonyl (C=O) groups is 3. The van der Waals surface area contributed by atoms with Crippen LogP contribution in [0.25, 0.3) is 11.1 Å². The molecule has 1 aliphatic heterocycles. The number of hydrogen-bond donors (Lipinski definition) is 2. The topological polar surface area (TPSA) is 95.9 Å². The number of carbonyl (C=O) groups excluding carboxylic acids is 2. The maximum absolute atomic E-state index is 13.2. The molecule has 2 amide bonds. The third-order valence-electron chi connectivity index (χ3n) is 7.17. The summed E-state index contributed by atoms with van der Waals surface area (Å²) in [6, 6.07) is 16.3. The summed E-state index contributed by atoms with van der Waals surface area (Å²) >= 11 is 0. The van der Waals surface area contributed by atoms with E-state index in [2.05, 4.69) is 29.6 Å². The Bertz CT molecular complexity index is 1020. The molecule has 35 heavy (non-hydrogen) atoms. The van der Waals surface area contributed by atoms with Gasteiger partial charge in [0.2, 0.25) is 5.91 Å². The molecule has 7 nitrogen and oxygen atoms in total. The maximum atomic E-state index is 13.2. The van der Waals surface area contributed by atoms with Gasteiger partial charge in [0.1, 0.15) is 6.61 Å². The van der Waals surface area contributed by atoms with Gasteiger partial charge in [-0.25, -0.2) is 4.79 Å². The van der Waals surface area contributed by atoms with Crippen LogP contribution in [-0.2, 0) is 14.3 Å². The highest BCUT2D eigenvalue weighted by Crippen LogP contribution is 2.44. The Morgan fingerprint density at radius 1 is 1.09 bits per heavy atom. The van der Waals surface area contributed by atoms with E-state index < -0.39 is 12.1 Å². The molecule has 0 aromatic heterocycles. The van der Waals surface area contributed by atoms with Crippen LogP contribution in [0.4, 0.5) is 4.79 Å². The molecule has 1 fully saturated rings. The first kappa shape index (κ1) is 24.8. The number of nitrogens with one attached hydrogen (secondary N) is 1. The van der Waals surface area contributed by atoms with Crippen LogP contribution < -0.4 is 5.32 Å². The second kappa shape index (κ2) is 11.4. The first-order chi connectivity index (χ1) is 17.0. The lowest BCUT2D eigenvalue weighted by Gasteiger charge is -2.29. The van der Waals surface area contributed by atoms with E-state index in [0.29, 0.717) is 19.4 Å². The number of fused-ring (bicyclic) bond motifs is 3. The smallest absolute Gasteiger partial charge is 0.407 e. The van der Waals surface area contributed by atoms with Crippen LogP contribution in [0, 0.1) is 5.92 Å². The molecule has 1 heterocycles. The van der Waals surface area contributed by atoms with Gasteiger partial charge in [-0.05, 0) is 47.9 Å². The number of ether oxygens (including phenoxy) is 1. The third-order valence-corrected chi connectivity index (χ3v) is 7.17. The predicted octanol–water partition coefficient (Wildman–Crippen LogP) is 4.80. The number of hydrogen-bond acceptors (Lipinski definition) is 4. The van der Waals surface area contributed by atoms with Crippen molar-refractivity contribution in [1.29, 1.82) is 0 Å². The van der Waals surface area contributed by atoms with Gasteiger partial charge in [0.05, 0.1) is 5.92 Å². The zero-order valence-electron chi connectivity index (χ0n) is 20.2. The van der Waals surface area contributed by atoms with E-state index in [4.69, 9.17) is 9.84 Å². The summed E-state index contributed by atoms with van der Waals surface area (Å²) in [6.45, 7) is 3.11. The summed E-state index contributed by atoms with van der Waals surface area (Å²) < 4.78 is 5.62. The van der Waals surface area contributed by atoms with Crippen LogP contribution >= 0.6 is 0 Å². The highest BCUT2D eigenvalue weighted by atomic mass is 16.5. The molecule has 7 heteroatoms. The van der Waals surface area contributed by atoms with E-state index in [0.717, 1.165) is 30.4 Å². The summed E-state index contributed by atoms with van der Waals surface area (Å²) in [6.07, 6.45) is 3.20. The van der Waals surface area contributed by atoms with Crippen molar-refractivity contribution in [2.45, 2.75) is 57.4 Å². The summed E-state index contributed by atoms with van der Waals surface area (Å²) in [4.78, 5) is 38.6. The van der Waals surface area contributed by atoms with Gasteiger partial charge in [0, 0.05) is 31.5 Å². The SMILES string of the molecule is CCCC(CNC(=O)OCC1c2ccccc2-c2ccccc21)C(=O)N1CCCC1CCC(=O)O. The number of carboxylic acids is 1. The quantitative estimate of drug-likeness (QED) is 0.512. The van der Waals surface area contributed by atoms with Crippen molar-refractivity contribution in [1.82, 2.24) is 10.2 Å². The van der Waals surface area contributed by atoms with Gasteiger partial charge >= 0.3 is 12.1 Å². The lowest BCUT2D eigenvalue weighted by molar-refractivity contribution is -0.140. The summed E-state index contributed by atoms with van der Waals surface area (Å²) in [7, 11) is 0. The normalized spacial score (nSPS) is 17.5. The molecule has 2 aliphatic rings. The number of likely N-dealkylation sites (tertiary alicyclic amines) is 1. The molecule has 1 aliphatic carbocycles. The third kappa shape index (κ3) is 5.66. The molecule has 2 atom stereocenters. The van der Waals surface area contributed by atoms with Gasteiger partial charge in [-0.1, -0.05) is 61.9 Å². The van der Waals surface area contributed by atoms with E-state index in [1.54, 1.807) is 0 Å². The zero-order valence-corrected chi connectivity index (χ0v) is 20.2. The second-order valence-electron chi connectivity index (χ2n) is 9.45. The minimum atomic E-state index is -0.841. The zero-order chi connectivity index (χ0) is 24.8. The molecule has 0 radical (unpaired) electrons. The van der Waals surface area contributed by atoms with Gasteiger partial charge in [-0.15, -0.1) is 0 Å². The summed E-state index contributed by atoms with van der Waals surface area (Å²) in [5.74, 6) is -1.20. The van der Waals surface area contributed by atoms with Crippen LogP contribution in [0.3, 0.4) is 0 Å². The van der Waals surface area contributed by atoms with Gasteiger partial charge in [0.25, 0.3) is 0 Å². The molecule has 0 saturated carbocycles. The number of amides is 2. The van der Waals surface area contributed by atoms with Crippen LogP contribution in [0.1, 0.15) is 62.5 Å². The Balaban J connectivity index is 1.33. The van der Waals surface area contributed by atoms with Crippen molar-refractivity contribution in [3.05, 3.63) is 59.7 Å². The molecule has 2 aromatic rings. The molecular formula is C28H34N2O5. The number of alkyl carbamates (subject to hydrolysis) is 1. The fourth-order valence-electron chi connectivity index (χ4n) is 5.47. The fourth-order valence-corrected chi connectivity index (χ4v) is 5.47. The number of benzene rings is 2. The second-order valence-corrected chi connectivity index (χ2v) is 9.45. The molecule has 2 aromatic carbocycles. The van der Waals surface area contributed by atoms with Gasteiger partial charge in [-0.3, -0.25) is 9.59 Å². The molecule has 4 rings (SSSR count). The predicted molar refractivity (Wildman–Crippen MR) is 133 cm³/mol. The lowest BCUT2D eigenvalue weighted by atomic mass is 9.98. The average Bonchev–Trinajstić information content (AvgIpc) is 3.46. The van der Waals surface area contributed by atoms with Crippen molar-refractivity contribution in [3.8, 4) is 11.1 Å². The van der Waals surface area contributed by atoms with Gasteiger partial charge < -0.3 is 20.1 Å². The Kier molecular flexibility index (Phi) is 8.06. The Hall–Kier alpha value is -3.35. The van der Waals surface area contributed by atoms with Crippen LogP contribution in [0.5, 0.6) is 0 Å². The number of aliphatic carboxylic acids is 1. The molecule has 0 spiro atoms. The Labute approximate surface area is 206 Å². The minimum Gasteiger partial charge on any atom is -0.481 e. The van der Waals surface area contributed by atoms with Crippen LogP contribution in [0.2, 0.25) is 0 Å². The largest absolute Gasteiger partial charge is 0.481 e. The van der Waals surface area contributed by atoms with Gasteiger partial charge in [-0.2, -0.15) is 0 Å². The summed E-state index contributed by atoms with van der Waals surface area (Å²) in [5.41, 5.74) is 4.66. The minimum absolute atomic E-state index is 0.00122. The van der Waals surface area contributed by atoms with Crippen molar-refractivity contribution in [2.24, 2.45) is 5.92 Å². The maximum Gasteiger partial charge on any atom is 0.407 e. The number of nitrogens with zero attached hydrogens (tertiary/aromatic N) is 1. The lowest BCUT2D eigenvalue weighted by Crippen LogP contribution is -2.44. The first-order valence-electron chi connectivity index (χ1n) is 12.6. The van der Waals surface area contributed by atoms with Crippen molar-refractivity contribution in [2.75, 3.05) is 19.7 Å². The van der Waals surface area contributed by atoms with E-state index in [1.165, 1.54) is 11.1 Å². The molecule has 1 saturated heterocycles. The van der Waals surface area contributed by atoms with Crippen LogP contribution in [-0.4, -0.2) is 53.7 Å². The standard InChI is InChI=1S/C28H34N2O5/c1-2-8-19(27(33)30-16-7-9-20(30)14-15-26(31)32)17-29-28(34)35-18-25-23-12-5-3-10-21(23)22-11-4-6-13-24(22)25/h3-6,10-13,19-20,25H,2,7-9,14-18H2,1H3,(H,29,34)(H,31,32). The fraction of sp³-hybridized carbons (Fsp3) is 0.464. The monoisotopic (exact) mass is 478 g/mol. The van der Waals surface area contributed by atoms with Crippen molar-refractivity contribution in [3.63, 3.8) is 0 Å². The average molecular weight is 479 g/mol. The highest BCUT2D eigenvalue weighted by Gasteiger charge is 2.33. The molecule has 0 bridgehead atoms. The van der Waals surface area contributed by atoms with E-state index in [-0.39, 0.29) is 43.4 Å². The summed E-state index contributed by atoms with van der Waals surface area (Å²) in [5, 5.41) is 11.8. The van der Waals surface area contributed by atoms with Crippen LogP contribution in [0.15, 0.2) is 48.5 Å². The highest BCUT2D eigenvalue weighted by molar-refractivity contribution is 5.81. The molecular weight excluding hydrogens is 444 g/mol. The number of carboxylic acid groups (broad SMARTS) is 1. The molecule has 186 valence electrons.